The molecule has 1 N–H and O–H groups in total. The fourth-order valence-corrected chi connectivity index (χ4v) is 3.33. The number of carbonyl (C=O) groups is 1. The van der Waals surface area contributed by atoms with Gasteiger partial charge >= 0.3 is 5.97 Å². The summed E-state index contributed by atoms with van der Waals surface area (Å²) < 4.78 is 5.34. The molecule has 0 spiro atoms. The van der Waals surface area contributed by atoms with Crippen LogP contribution in [0, 0.1) is 23.7 Å². The molecule has 1 heterocycles. The summed E-state index contributed by atoms with van der Waals surface area (Å²) in [6.45, 7) is 1.54. The quantitative estimate of drug-likeness (QED) is 0.866. The number of benzene rings is 1. The highest BCUT2D eigenvalue weighted by Gasteiger charge is 2.58. The molecule has 3 heteroatoms. The number of hydrogen-bond acceptors (Lipinski definition) is 2. The highest BCUT2D eigenvalue weighted by Crippen LogP contribution is 2.55. The third-order valence-corrected chi connectivity index (χ3v) is 4.39. The Morgan fingerprint density at radius 1 is 1.28 bits per heavy atom. The first-order valence-corrected chi connectivity index (χ1v) is 6.62. The van der Waals surface area contributed by atoms with E-state index in [1.165, 1.54) is 5.56 Å². The second-order valence-electron chi connectivity index (χ2n) is 5.41. The Morgan fingerprint density at radius 2 is 1.94 bits per heavy atom. The summed E-state index contributed by atoms with van der Waals surface area (Å²) in [5.41, 5.74) is 1.23. The van der Waals surface area contributed by atoms with Crippen molar-refractivity contribution in [1.82, 2.24) is 0 Å². The molecule has 0 bridgehead atoms. The van der Waals surface area contributed by atoms with Crippen LogP contribution in [-0.4, -0.2) is 24.3 Å². The summed E-state index contributed by atoms with van der Waals surface area (Å²) in [4.78, 5) is 11.4. The SMILES string of the molecule is O=C(O)C(CCc1ccccc1)C1C2COCC21. The van der Waals surface area contributed by atoms with Gasteiger partial charge in [0.1, 0.15) is 0 Å². The second-order valence-corrected chi connectivity index (χ2v) is 5.41. The molecular formula is C15H18O3. The standard InChI is InChI=1S/C15H18O3/c16-15(17)11(14-12-8-18-9-13(12)14)7-6-10-4-2-1-3-5-10/h1-5,11-14H,6-9H2,(H,16,17). The van der Waals surface area contributed by atoms with Gasteiger partial charge in [-0.2, -0.15) is 0 Å². The van der Waals surface area contributed by atoms with Gasteiger partial charge in [0.05, 0.1) is 19.1 Å². The van der Waals surface area contributed by atoms with E-state index in [-0.39, 0.29) is 5.92 Å². The van der Waals surface area contributed by atoms with Crippen molar-refractivity contribution in [2.75, 3.05) is 13.2 Å². The minimum atomic E-state index is -0.634. The fourth-order valence-electron chi connectivity index (χ4n) is 3.33. The molecule has 1 aromatic rings. The zero-order valence-corrected chi connectivity index (χ0v) is 10.3. The number of carboxylic acids is 1. The Morgan fingerprint density at radius 3 is 2.56 bits per heavy atom. The number of ether oxygens (including phenoxy) is 1. The molecule has 3 atom stereocenters. The molecule has 1 saturated heterocycles. The number of aryl methyl sites for hydroxylation is 1. The van der Waals surface area contributed by atoms with E-state index in [0.29, 0.717) is 17.8 Å². The maximum absolute atomic E-state index is 11.4. The lowest BCUT2D eigenvalue weighted by atomic mass is 9.93. The van der Waals surface area contributed by atoms with Crippen LogP contribution < -0.4 is 0 Å². The smallest absolute Gasteiger partial charge is 0.306 e. The molecule has 96 valence electrons. The van der Waals surface area contributed by atoms with Crippen molar-refractivity contribution in [3.05, 3.63) is 35.9 Å². The average Bonchev–Trinajstić information content (AvgIpc) is 2.85. The number of rotatable bonds is 5. The van der Waals surface area contributed by atoms with Crippen LogP contribution in [0.3, 0.4) is 0 Å². The maximum Gasteiger partial charge on any atom is 0.306 e. The molecule has 2 aliphatic rings. The maximum atomic E-state index is 11.4. The van der Waals surface area contributed by atoms with Crippen LogP contribution >= 0.6 is 0 Å². The fraction of sp³-hybridized carbons (Fsp3) is 0.533. The van der Waals surface area contributed by atoms with E-state index in [0.717, 1.165) is 26.1 Å². The van der Waals surface area contributed by atoms with Gasteiger partial charge in [0.15, 0.2) is 0 Å². The molecule has 2 fully saturated rings. The van der Waals surface area contributed by atoms with Crippen molar-refractivity contribution in [2.45, 2.75) is 12.8 Å². The first kappa shape index (κ1) is 11.7. The van der Waals surface area contributed by atoms with E-state index >= 15 is 0 Å². The van der Waals surface area contributed by atoms with Gasteiger partial charge in [0.2, 0.25) is 0 Å². The zero-order valence-electron chi connectivity index (χ0n) is 10.3. The van der Waals surface area contributed by atoms with Gasteiger partial charge in [-0.05, 0) is 36.2 Å². The van der Waals surface area contributed by atoms with Gasteiger partial charge < -0.3 is 9.84 Å². The Labute approximate surface area is 107 Å². The van der Waals surface area contributed by atoms with Crippen LogP contribution in [0.15, 0.2) is 30.3 Å². The van der Waals surface area contributed by atoms with Crippen molar-refractivity contribution < 1.29 is 14.6 Å². The van der Waals surface area contributed by atoms with E-state index in [2.05, 4.69) is 12.1 Å². The largest absolute Gasteiger partial charge is 0.481 e. The van der Waals surface area contributed by atoms with E-state index in [1.54, 1.807) is 0 Å². The Kier molecular flexibility index (Phi) is 3.08. The third kappa shape index (κ3) is 2.15. The Balaban J connectivity index is 1.60. The molecule has 3 unspecified atom stereocenters. The number of carboxylic acid groups (broad SMARTS) is 1. The van der Waals surface area contributed by atoms with Crippen molar-refractivity contribution in [2.24, 2.45) is 23.7 Å². The monoisotopic (exact) mass is 246 g/mol. The number of fused-ring (bicyclic) bond motifs is 1. The normalized spacial score (nSPS) is 30.8. The lowest BCUT2D eigenvalue weighted by Crippen LogP contribution is -2.20. The van der Waals surface area contributed by atoms with Crippen LogP contribution in [0.1, 0.15) is 12.0 Å². The van der Waals surface area contributed by atoms with E-state index in [9.17, 15) is 9.90 Å². The summed E-state index contributed by atoms with van der Waals surface area (Å²) in [6.07, 6.45) is 1.60. The predicted octanol–water partition coefficient (Wildman–Crippen LogP) is 2.21. The molecular weight excluding hydrogens is 228 g/mol. The number of aliphatic carboxylic acids is 1. The van der Waals surface area contributed by atoms with E-state index in [4.69, 9.17) is 4.74 Å². The number of hydrogen-bond donors (Lipinski definition) is 1. The molecule has 1 aromatic carbocycles. The lowest BCUT2D eigenvalue weighted by Gasteiger charge is -2.14. The molecule has 3 rings (SSSR count). The highest BCUT2D eigenvalue weighted by atomic mass is 16.5. The topological polar surface area (TPSA) is 46.5 Å². The summed E-state index contributed by atoms with van der Waals surface area (Å²) in [5.74, 6) is 0.568. The summed E-state index contributed by atoms with van der Waals surface area (Å²) in [5, 5.41) is 9.38. The first-order valence-electron chi connectivity index (χ1n) is 6.62. The van der Waals surface area contributed by atoms with Gasteiger partial charge in [-0.25, -0.2) is 0 Å². The van der Waals surface area contributed by atoms with Crippen LogP contribution in [0.2, 0.25) is 0 Å². The van der Waals surface area contributed by atoms with Gasteiger partial charge in [0, 0.05) is 0 Å². The summed E-state index contributed by atoms with van der Waals surface area (Å²) in [7, 11) is 0. The van der Waals surface area contributed by atoms with Gasteiger partial charge in [-0.15, -0.1) is 0 Å². The first-order chi connectivity index (χ1) is 8.77. The van der Waals surface area contributed by atoms with Gasteiger partial charge in [0.25, 0.3) is 0 Å². The highest BCUT2D eigenvalue weighted by molar-refractivity contribution is 5.71. The van der Waals surface area contributed by atoms with Crippen molar-refractivity contribution in [3.8, 4) is 0 Å². The zero-order chi connectivity index (χ0) is 12.5. The molecule has 1 aliphatic heterocycles. The minimum Gasteiger partial charge on any atom is -0.481 e. The van der Waals surface area contributed by atoms with E-state index in [1.807, 2.05) is 18.2 Å². The Bertz CT molecular complexity index is 419. The molecule has 0 radical (unpaired) electrons. The van der Waals surface area contributed by atoms with Crippen molar-refractivity contribution in [3.63, 3.8) is 0 Å². The minimum absolute atomic E-state index is 0.191. The van der Waals surface area contributed by atoms with Crippen LogP contribution in [0.5, 0.6) is 0 Å². The lowest BCUT2D eigenvalue weighted by molar-refractivity contribution is -0.143. The van der Waals surface area contributed by atoms with Crippen LogP contribution in [0.25, 0.3) is 0 Å². The average molecular weight is 246 g/mol. The molecule has 0 aromatic heterocycles. The molecule has 1 saturated carbocycles. The molecule has 3 nitrogen and oxygen atoms in total. The summed E-state index contributed by atoms with van der Waals surface area (Å²) in [6, 6.07) is 10.1. The second kappa shape index (κ2) is 4.73. The van der Waals surface area contributed by atoms with E-state index < -0.39 is 5.97 Å². The van der Waals surface area contributed by atoms with Gasteiger partial charge in [-0.3, -0.25) is 4.79 Å². The van der Waals surface area contributed by atoms with Crippen molar-refractivity contribution in [1.29, 1.82) is 0 Å². The molecule has 0 amide bonds. The summed E-state index contributed by atoms with van der Waals surface area (Å²) >= 11 is 0. The van der Waals surface area contributed by atoms with Crippen LogP contribution in [-0.2, 0) is 16.0 Å². The predicted molar refractivity (Wildman–Crippen MR) is 67.2 cm³/mol. The Hall–Kier alpha value is -1.35. The third-order valence-electron chi connectivity index (χ3n) is 4.39. The molecule has 1 aliphatic carbocycles. The van der Waals surface area contributed by atoms with Crippen molar-refractivity contribution >= 4 is 5.97 Å². The molecule has 18 heavy (non-hydrogen) atoms. The van der Waals surface area contributed by atoms with Crippen LogP contribution in [0.4, 0.5) is 0 Å². The van der Waals surface area contributed by atoms with Gasteiger partial charge in [-0.1, -0.05) is 30.3 Å².